The van der Waals surface area contributed by atoms with E-state index in [1.807, 2.05) is 6.20 Å². The highest BCUT2D eigenvalue weighted by molar-refractivity contribution is 5.47. The molecule has 0 radical (unpaired) electrons. The second-order valence-corrected chi connectivity index (χ2v) is 4.57. The van der Waals surface area contributed by atoms with Crippen molar-refractivity contribution < 1.29 is 0 Å². The van der Waals surface area contributed by atoms with Gasteiger partial charge in [-0.05, 0) is 12.8 Å². The first-order chi connectivity index (χ1) is 8.45. The van der Waals surface area contributed by atoms with Crippen LogP contribution in [0.5, 0.6) is 0 Å². The molecule has 1 aliphatic rings. The summed E-state index contributed by atoms with van der Waals surface area (Å²) in [5, 5.41) is 8.62. The van der Waals surface area contributed by atoms with Crippen LogP contribution in [0.25, 0.3) is 11.5 Å². The average Bonchev–Trinajstić information content (AvgIpc) is 2.97. The van der Waals surface area contributed by atoms with Gasteiger partial charge in [0.05, 0.1) is 12.5 Å². The summed E-state index contributed by atoms with van der Waals surface area (Å²) < 4.78 is 2.25. The van der Waals surface area contributed by atoms with Crippen LogP contribution in [0.15, 0.2) is 12.5 Å². The Balaban J connectivity index is 1.96. The van der Waals surface area contributed by atoms with Gasteiger partial charge in [0.1, 0.15) is 11.5 Å². The Kier molecular flexibility index (Phi) is 2.90. The van der Waals surface area contributed by atoms with Crippen molar-refractivity contribution in [1.82, 2.24) is 24.7 Å². The van der Waals surface area contributed by atoms with E-state index in [2.05, 4.69) is 24.7 Å². The van der Waals surface area contributed by atoms with Crippen molar-refractivity contribution in [3.05, 3.63) is 18.3 Å². The van der Waals surface area contributed by atoms with Gasteiger partial charge in [0.2, 0.25) is 0 Å². The molecule has 0 saturated heterocycles. The number of aromatic amines is 1. The number of nitrogens with zero attached hydrogens (tertiary/aromatic N) is 4. The van der Waals surface area contributed by atoms with Gasteiger partial charge in [-0.1, -0.05) is 19.3 Å². The normalized spacial score (nSPS) is 16.9. The van der Waals surface area contributed by atoms with E-state index < -0.39 is 0 Å². The number of fused-ring (bicyclic) bond motifs is 1. The maximum atomic E-state index is 4.32. The fourth-order valence-corrected chi connectivity index (χ4v) is 2.42. The van der Waals surface area contributed by atoms with Gasteiger partial charge in [0, 0.05) is 13.0 Å². The average molecular weight is 231 g/mol. The molecule has 2 aromatic rings. The van der Waals surface area contributed by atoms with Crippen LogP contribution < -0.4 is 0 Å². The van der Waals surface area contributed by atoms with Crippen LogP contribution in [0.1, 0.15) is 37.9 Å². The van der Waals surface area contributed by atoms with Crippen molar-refractivity contribution in [2.24, 2.45) is 0 Å². The maximum absolute atomic E-state index is 4.32. The van der Waals surface area contributed by atoms with E-state index in [-0.39, 0.29) is 0 Å². The van der Waals surface area contributed by atoms with Crippen molar-refractivity contribution in [2.45, 2.75) is 45.1 Å². The lowest BCUT2D eigenvalue weighted by Gasteiger charge is -2.07. The van der Waals surface area contributed by atoms with Crippen LogP contribution in [-0.2, 0) is 13.0 Å². The second kappa shape index (κ2) is 4.69. The highest BCUT2D eigenvalue weighted by Crippen LogP contribution is 2.19. The smallest absolute Gasteiger partial charge is 0.182 e. The number of rotatable bonds is 1. The van der Waals surface area contributed by atoms with E-state index in [0.29, 0.717) is 0 Å². The largest absolute Gasteiger partial charge is 0.342 e. The van der Waals surface area contributed by atoms with Gasteiger partial charge >= 0.3 is 0 Å². The Morgan fingerprint density at radius 2 is 1.94 bits per heavy atom. The number of nitrogens with one attached hydrogen (secondary N) is 1. The number of H-pyrrole nitrogens is 1. The lowest BCUT2D eigenvalue weighted by Crippen LogP contribution is -2.05. The third kappa shape index (κ3) is 2.09. The summed E-state index contributed by atoms with van der Waals surface area (Å²) in [6, 6.07) is 0. The summed E-state index contributed by atoms with van der Waals surface area (Å²) in [5.74, 6) is 2.05. The molecule has 0 atom stereocenters. The zero-order chi connectivity index (χ0) is 11.5. The molecule has 1 N–H and O–H groups in total. The lowest BCUT2D eigenvalue weighted by atomic mass is 10.1. The second-order valence-electron chi connectivity index (χ2n) is 4.57. The predicted octanol–water partition coefficient (Wildman–Crippen LogP) is 2.17. The number of aryl methyl sites for hydroxylation is 1. The predicted molar refractivity (Wildman–Crippen MR) is 64.4 cm³/mol. The SMILES string of the molecule is c1ncc(-c2nnc3n2CCCCCCC3)[nH]1. The zero-order valence-corrected chi connectivity index (χ0v) is 9.89. The third-order valence-electron chi connectivity index (χ3n) is 3.35. The topological polar surface area (TPSA) is 59.4 Å². The quantitative estimate of drug-likeness (QED) is 0.818. The standard InChI is InChI=1S/C12H17N5/c1-2-4-6-11-15-16-12(10-8-13-9-14-10)17(11)7-5-3-1/h8-9H,1-7H2,(H,13,14). The molecule has 5 heteroatoms. The molecular weight excluding hydrogens is 214 g/mol. The van der Waals surface area contributed by atoms with Crippen LogP contribution >= 0.6 is 0 Å². The summed E-state index contributed by atoms with van der Waals surface area (Å²) in [4.78, 5) is 7.16. The molecule has 0 unspecified atom stereocenters. The number of imidazole rings is 1. The van der Waals surface area contributed by atoms with E-state index >= 15 is 0 Å². The molecule has 0 spiro atoms. The zero-order valence-electron chi connectivity index (χ0n) is 9.89. The van der Waals surface area contributed by atoms with E-state index in [0.717, 1.165) is 30.3 Å². The molecule has 5 nitrogen and oxygen atoms in total. The van der Waals surface area contributed by atoms with Crippen molar-refractivity contribution in [2.75, 3.05) is 0 Å². The monoisotopic (exact) mass is 231 g/mol. The molecule has 0 aliphatic carbocycles. The first kappa shape index (κ1) is 10.5. The van der Waals surface area contributed by atoms with Crippen molar-refractivity contribution in [3.8, 4) is 11.5 Å². The van der Waals surface area contributed by atoms with E-state index in [1.165, 1.54) is 32.1 Å². The molecule has 0 amide bonds. The van der Waals surface area contributed by atoms with Crippen LogP contribution in [0, 0.1) is 0 Å². The Morgan fingerprint density at radius 1 is 1.06 bits per heavy atom. The minimum absolute atomic E-state index is 0.930. The number of hydrogen-bond acceptors (Lipinski definition) is 3. The molecular formula is C12H17N5. The van der Waals surface area contributed by atoms with Gasteiger partial charge in [0.15, 0.2) is 5.82 Å². The molecule has 3 heterocycles. The van der Waals surface area contributed by atoms with E-state index in [4.69, 9.17) is 0 Å². The van der Waals surface area contributed by atoms with Crippen molar-refractivity contribution in [3.63, 3.8) is 0 Å². The van der Waals surface area contributed by atoms with Crippen molar-refractivity contribution in [1.29, 1.82) is 0 Å². The summed E-state index contributed by atoms with van der Waals surface area (Å²) in [5.41, 5.74) is 0.961. The lowest BCUT2D eigenvalue weighted by molar-refractivity contribution is 0.587. The van der Waals surface area contributed by atoms with Gasteiger partial charge in [-0.15, -0.1) is 10.2 Å². The molecule has 17 heavy (non-hydrogen) atoms. The van der Waals surface area contributed by atoms with Crippen LogP contribution in [0.2, 0.25) is 0 Å². The van der Waals surface area contributed by atoms with E-state index in [9.17, 15) is 0 Å². The molecule has 3 rings (SSSR count). The molecule has 2 aromatic heterocycles. The van der Waals surface area contributed by atoms with Gasteiger partial charge in [0.25, 0.3) is 0 Å². The van der Waals surface area contributed by atoms with Crippen LogP contribution in [-0.4, -0.2) is 24.7 Å². The Bertz CT molecular complexity index is 471. The first-order valence-electron chi connectivity index (χ1n) is 6.36. The van der Waals surface area contributed by atoms with Gasteiger partial charge in [-0.2, -0.15) is 0 Å². The molecule has 0 fully saturated rings. The minimum atomic E-state index is 0.930. The van der Waals surface area contributed by atoms with Crippen LogP contribution in [0.3, 0.4) is 0 Å². The van der Waals surface area contributed by atoms with Crippen molar-refractivity contribution >= 4 is 0 Å². The third-order valence-corrected chi connectivity index (χ3v) is 3.35. The summed E-state index contributed by atoms with van der Waals surface area (Å²) >= 11 is 0. The molecule has 1 aliphatic heterocycles. The van der Waals surface area contributed by atoms with E-state index in [1.54, 1.807) is 6.33 Å². The number of hydrogen-bond donors (Lipinski definition) is 1. The van der Waals surface area contributed by atoms with Gasteiger partial charge in [-0.3, -0.25) is 0 Å². The molecule has 0 aromatic carbocycles. The van der Waals surface area contributed by atoms with Gasteiger partial charge < -0.3 is 9.55 Å². The number of aromatic nitrogens is 5. The molecule has 0 saturated carbocycles. The maximum Gasteiger partial charge on any atom is 0.182 e. The summed E-state index contributed by atoms with van der Waals surface area (Å²) in [7, 11) is 0. The fraction of sp³-hybridized carbons (Fsp3) is 0.583. The summed E-state index contributed by atoms with van der Waals surface area (Å²) in [6.07, 6.45) is 10.9. The van der Waals surface area contributed by atoms with Gasteiger partial charge in [-0.25, -0.2) is 4.98 Å². The highest BCUT2D eigenvalue weighted by atomic mass is 15.3. The highest BCUT2D eigenvalue weighted by Gasteiger charge is 2.15. The fourth-order valence-electron chi connectivity index (χ4n) is 2.42. The Hall–Kier alpha value is -1.65. The Labute approximate surface area is 100 Å². The molecule has 0 bridgehead atoms. The molecule has 90 valence electrons. The first-order valence-corrected chi connectivity index (χ1v) is 6.36. The summed E-state index contributed by atoms with van der Waals surface area (Å²) in [6.45, 7) is 1.02. The Morgan fingerprint density at radius 3 is 2.82 bits per heavy atom. The van der Waals surface area contributed by atoms with Crippen LogP contribution in [0.4, 0.5) is 0 Å². The minimum Gasteiger partial charge on any atom is -0.342 e.